The fourth-order valence-electron chi connectivity index (χ4n) is 3.16. The number of hydrogen-bond acceptors (Lipinski definition) is 7. The number of nitrogens with one attached hydrogen (secondary N) is 1. The number of sulfonamides is 1. The van der Waals surface area contributed by atoms with Crippen LogP contribution in [0.2, 0.25) is 0 Å². The summed E-state index contributed by atoms with van der Waals surface area (Å²) in [5, 5.41) is 15.5. The smallest absolute Gasteiger partial charge is 0.387 e. The van der Waals surface area contributed by atoms with Crippen molar-refractivity contribution in [2.75, 3.05) is 18.5 Å². The normalized spacial score (nSPS) is 15.3. The maximum absolute atomic E-state index is 12.7. The van der Waals surface area contributed by atoms with E-state index in [0.29, 0.717) is 13.1 Å². The van der Waals surface area contributed by atoms with Gasteiger partial charge in [-0.2, -0.15) is 18.2 Å². The molecule has 1 saturated heterocycles. The minimum atomic E-state index is -3.83. The third-order valence-corrected chi connectivity index (χ3v) is 6.60. The summed E-state index contributed by atoms with van der Waals surface area (Å²) in [4.78, 5) is 10.6. The molecule has 0 aliphatic carbocycles. The Balaban J connectivity index is 1.89. The van der Waals surface area contributed by atoms with Crippen molar-refractivity contribution in [3.05, 3.63) is 58.1 Å². The van der Waals surface area contributed by atoms with Crippen LogP contribution in [0.15, 0.2) is 52.5 Å². The van der Waals surface area contributed by atoms with E-state index in [0.717, 1.165) is 18.9 Å². The van der Waals surface area contributed by atoms with Gasteiger partial charge in [-0.1, -0.05) is 12.1 Å². The van der Waals surface area contributed by atoms with Gasteiger partial charge in [-0.3, -0.25) is 15.5 Å². The molecule has 0 radical (unpaired) electrons. The molecule has 0 amide bonds. The van der Waals surface area contributed by atoms with Gasteiger partial charge in [-0.15, -0.1) is 0 Å². The second-order valence-corrected chi connectivity index (χ2v) is 8.67. The number of hydrogen-bond donors (Lipinski definition) is 1. The van der Waals surface area contributed by atoms with Gasteiger partial charge in [-0.25, -0.2) is 8.42 Å². The fourth-order valence-corrected chi connectivity index (χ4v) is 4.70. The molecule has 2 aromatic carbocycles. The lowest BCUT2D eigenvalue weighted by Gasteiger charge is -2.15. The van der Waals surface area contributed by atoms with E-state index in [1.807, 2.05) is 0 Å². The molecule has 0 unspecified atom stereocenters. The van der Waals surface area contributed by atoms with Crippen LogP contribution in [0, 0.1) is 10.1 Å². The van der Waals surface area contributed by atoms with E-state index in [2.05, 4.69) is 15.3 Å². The van der Waals surface area contributed by atoms with Gasteiger partial charge in [0.15, 0.2) is 0 Å². The van der Waals surface area contributed by atoms with E-state index in [1.54, 1.807) is 6.07 Å². The topological polar surface area (TPSA) is 114 Å². The molecular formula is C19H20F2N4O5S. The number of nitrogens with zero attached hydrogens (tertiary/aromatic N) is 3. The molecule has 0 saturated carbocycles. The Hall–Kier alpha value is -3.12. The first kappa shape index (κ1) is 22.6. The largest absolute Gasteiger partial charge is 0.434 e. The van der Waals surface area contributed by atoms with Crippen LogP contribution in [0.25, 0.3) is 0 Å². The second-order valence-electron chi connectivity index (χ2n) is 6.73. The summed E-state index contributed by atoms with van der Waals surface area (Å²) in [5.41, 5.74) is 2.50. The number of rotatable bonds is 8. The predicted molar refractivity (Wildman–Crippen MR) is 110 cm³/mol. The fraction of sp³-hybridized carbons (Fsp3) is 0.316. The Morgan fingerprint density at radius 2 is 1.90 bits per heavy atom. The van der Waals surface area contributed by atoms with Crippen LogP contribution in [-0.4, -0.2) is 43.1 Å². The van der Waals surface area contributed by atoms with E-state index in [-0.39, 0.29) is 27.6 Å². The van der Waals surface area contributed by atoms with Crippen LogP contribution in [0.4, 0.5) is 20.2 Å². The Morgan fingerprint density at radius 3 is 2.55 bits per heavy atom. The van der Waals surface area contributed by atoms with Crippen molar-refractivity contribution in [1.82, 2.24) is 4.31 Å². The number of halogens is 2. The molecule has 0 spiro atoms. The van der Waals surface area contributed by atoms with E-state index in [4.69, 9.17) is 0 Å². The average Bonchev–Trinajstić information content (AvgIpc) is 3.27. The van der Waals surface area contributed by atoms with E-state index >= 15 is 0 Å². The van der Waals surface area contributed by atoms with E-state index in [1.165, 1.54) is 41.6 Å². The van der Waals surface area contributed by atoms with Crippen molar-refractivity contribution in [3.63, 3.8) is 0 Å². The minimum Gasteiger partial charge on any atom is -0.434 e. The van der Waals surface area contributed by atoms with E-state index < -0.39 is 27.2 Å². The van der Waals surface area contributed by atoms with Crippen molar-refractivity contribution in [2.24, 2.45) is 5.10 Å². The number of benzene rings is 2. The van der Waals surface area contributed by atoms with Crippen LogP contribution >= 0.6 is 0 Å². The molecule has 1 aliphatic heterocycles. The van der Waals surface area contributed by atoms with Crippen molar-refractivity contribution >= 4 is 27.1 Å². The standard InChI is InChI=1S/C19H20F2N4O5S/c1-13(15-6-2-3-7-18(15)30-19(20)21)22-23-16-9-8-14(12-17(16)25(26)27)31(28,29)24-10-4-5-11-24/h2-3,6-9,12,19,23H,4-5,10-11H2,1H3. The van der Waals surface area contributed by atoms with Gasteiger partial charge in [0.1, 0.15) is 11.4 Å². The van der Waals surface area contributed by atoms with Crippen molar-refractivity contribution in [2.45, 2.75) is 31.3 Å². The highest BCUT2D eigenvalue weighted by Crippen LogP contribution is 2.30. The zero-order valence-electron chi connectivity index (χ0n) is 16.5. The molecule has 1 N–H and O–H groups in total. The number of para-hydroxylation sites is 1. The number of anilines is 1. The molecule has 12 heteroatoms. The third-order valence-electron chi connectivity index (χ3n) is 4.71. The molecule has 1 fully saturated rings. The molecular weight excluding hydrogens is 434 g/mol. The lowest BCUT2D eigenvalue weighted by Crippen LogP contribution is -2.27. The lowest BCUT2D eigenvalue weighted by atomic mass is 10.1. The van der Waals surface area contributed by atoms with Crippen molar-refractivity contribution < 1.29 is 26.9 Å². The van der Waals surface area contributed by atoms with Gasteiger partial charge in [0.05, 0.1) is 15.5 Å². The van der Waals surface area contributed by atoms with Crippen LogP contribution in [-0.2, 0) is 10.0 Å². The zero-order chi connectivity index (χ0) is 22.6. The van der Waals surface area contributed by atoms with Gasteiger partial charge >= 0.3 is 6.61 Å². The monoisotopic (exact) mass is 454 g/mol. The quantitative estimate of drug-likeness (QED) is 0.369. The Bertz CT molecular complexity index is 1100. The summed E-state index contributed by atoms with van der Waals surface area (Å²) in [7, 11) is -3.83. The third kappa shape index (κ3) is 5.14. The van der Waals surface area contributed by atoms with Crippen molar-refractivity contribution in [1.29, 1.82) is 0 Å². The minimum absolute atomic E-state index is 0.0445. The summed E-state index contributed by atoms with van der Waals surface area (Å²) in [6, 6.07) is 9.48. The lowest BCUT2D eigenvalue weighted by molar-refractivity contribution is -0.384. The molecule has 9 nitrogen and oxygen atoms in total. The molecule has 0 bridgehead atoms. The molecule has 31 heavy (non-hydrogen) atoms. The zero-order valence-corrected chi connectivity index (χ0v) is 17.3. The number of hydrazone groups is 1. The average molecular weight is 454 g/mol. The van der Waals surface area contributed by atoms with Crippen molar-refractivity contribution in [3.8, 4) is 5.75 Å². The van der Waals surface area contributed by atoms with Crippen LogP contribution in [0.5, 0.6) is 5.75 Å². The predicted octanol–water partition coefficient (Wildman–Crippen LogP) is 3.82. The Labute approximate surface area is 177 Å². The first-order chi connectivity index (χ1) is 14.7. The van der Waals surface area contributed by atoms with Gasteiger partial charge in [0.2, 0.25) is 10.0 Å². The summed E-state index contributed by atoms with van der Waals surface area (Å²) in [5.74, 6) is -0.0953. The second kappa shape index (κ2) is 9.35. The van der Waals surface area contributed by atoms with Gasteiger partial charge < -0.3 is 4.74 Å². The first-order valence-corrected chi connectivity index (χ1v) is 10.8. The molecule has 3 rings (SSSR count). The molecule has 1 aliphatic rings. The highest BCUT2D eigenvalue weighted by atomic mass is 32.2. The van der Waals surface area contributed by atoms with Crippen LogP contribution < -0.4 is 10.2 Å². The molecule has 1 heterocycles. The first-order valence-electron chi connectivity index (χ1n) is 9.33. The maximum Gasteiger partial charge on any atom is 0.387 e. The van der Waals surface area contributed by atoms with Gasteiger partial charge in [0, 0.05) is 24.7 Å². The van der Waals surface area contributed by atoms with Gasteiger partial charge in [0.25, 0.3) is 5.69 Å². The van der Waals surface area contributed by atoms with E-state index in [9.17, 15) is 27.3 Å². The number of alkyl halides is 2. The Kier molecular flexibility index (Phi) is 6.81. The summed E-state index contributed by atoms with van der Waals surface area (Å²) in [6.07, 6.45) is 1.48. The summed E-state index contributed by atoms with van der Waals surface area (Å²) in [6.45, 7) is -0.758. The van der Waals surface area contributed by atoms with Crippen LogP contribution in [0.3, 0.4) is 0 Å². The molecule has 0 aromatic heterocycles. The number of ether oxygens (including phenoxy) is 1. The summed E-state index contributed by atoms with van der Waals surface area (Å²) < 4.78 is 56.3. The summed E-state index contributed by atoms with van der Waals surface area (Å²) >= 11 is 0. The Morgan fingerprint density at radius 1 is 1.23 bits per heavy atom. The highest BCUT2D eigenvalue weighted by molar-refractivity contribution is 7.89. The van der Waals surface area contributed by atoms with Crippen LogP contribution in [0.1, 0.15) is 25.3 Å². The molecule has 166 valence electrons. The molecule has 2 aromatic rings. The highest BCUT2D eigenvalue weighted by Gasteiger charge is 2.29. The SMILES string of the molecule is CC(=NNc1ccc(S(=O)(=O)N2CCCC2)cc1[N+](=O)[O-])c1ccccc1OC(F)F. The van der Waals surface area contributed by atoms with Gasteiger partial charge in [-0.05, 0) is 44.0 Å². The number of nitro benzene ring substituents is 1. The number of nitro groups is 1. The maximum atomic E-state index is 12.7. The molecule has 0 atom stereocenters.